The van der Waals surface area contributed by atoms with Crippen LogP contribution in [-0.2, 0) is 5.41 Å². The van der Waals surface area contributed by atoms with Crippen molar-refractivity contribution in [2.75, 3.05) is 0 Å². The van der Waals surface area contributed by atoms with Crippen LogP contribution in [0.15, 0.2) is 170 Å². The van der Waals surface area contributed by atoms with Gasteiger partial charge in [-0.05, 0) is 82.4 Å². The van der Waals surface area contributed by atoms with E-state index >= 15 is 0 Å². The van der Waals surface area contributed by atoms with E-state index < -0.39 is 0 Å². The highest BCUT2D eigenvalue weighted by atomic mass is 15.0. The van der Waals surface area contributed by atoms with E-state index in [9.17, 15) is 0 Å². The first kappa shape index (κ1) is 29.1. The van der Waals surface area contributed by atoms with E-state index in [1.807, 2.05) is 6.08 Å². The smallest absolute Gasteiger partial charge is 0.0541 e. The SMILES string of the molecule is C=Cc1ccc(C(C)(C)c2ccc3c(c2)c2ccccc2n3-c2cccc(-c3cccc(-n4c5ccccc5c5ccccc54)c3)c2)cc1. The Balaban J connectivity index is 1.16. The van der Waals surface area contributed by atoms with Crippen LogP contribution < -0.4 is 0 Å². The van der Waals surface area contributed by atoms with Gasteiger partial charge in [-0.25, -0.2) is 0 Å². The largest absolute Gasteiger partial charge is 0.309 e. The van der Waals surface area contributed by atoms with E-state index in [2.05, 4.69) is 193 Å². The summed E-state index contributed by atoms with van der Waals surface area (Å²) in [4.78, 5) is 0. The molecule has 0 amide bonds. The molecule has 2 aromatic heterocycles. The Morgan fingerprint density at radius 2 is 0.878 bits per heavy atom. The lowest BCUT2D eigenvalue weighted by Gasteiger charge is -2.26. The van der Waals surface area contributed by atoms with Gasteiger partial charge in [0.2, 0.25) is 0 Å². The molecule has 0 spiro atoms. The number of rotatable bonds is 6. The van der Waals surface area contributed by atoms with Crippen LogP contribution in [0.5, 0.6) is 0 Å². The van der Waals surface area contributed by atoms with Crippen molar-refractivity contribution < 1.29 is 0 Å². The zero-order chi connectivity index (χ0) is 33.1. The molecule has 0 aliphatic heterocycles. The molecule has 7 aromatic carbocycles. The van der Waals surface area contributed by atoms with Crippen molar-refractivity contribution in [3.05, 3.63) is 187 Å². The first-order chi connectivity index (χ1) is 24.0. The van der Waals surface area contributed by atoms with Crippen LogP contribution in [-0.4, -0.2) is 9.13 Å². The Hall–Kier alpha value is -6.12. The van der Waals surface area contributed by atoms with E-state index in [0.29, 0.717) is 0 Å². The third-order valence-electron chi connectivity index (χ3n) is 10.4. The van der Waals surface area contributed by atoms with Gasteiger partial charge in [-0.3, -0.25) is 0 Å². The summed E-state index contributed by atoms with van der Waals surface area (Å²) < 4.78 is 4.80. The van der Waals surface area contributed by atoms with Gasteiger partial charge in [0.15, 0.2) is 0 Å². The molecular weight excluding hydrogens is 593 g/mol. The third-order valence-corrected chi connectivity index (χ3v) is 10.4. The Morgan fingerprint density at radius 1 is 0.429 bits per heavy atom. The molecule has 9 aromatic rings. The molecule has 0 bridgehead atoms. The van der Waals surface area contributed by atoms with Crippen molar-refractivity contribution >= 4 is 49.7 Å². The molecule has 9 rings (SSSR count). The maximum absolute atomic E-state index is 3.92. The van der Waals surface area contributed by atoms with Gasteiger partial charge in [0.1, 0.15) is 0 Å². The molecule has 0 saturated heterocycles. The van der Waals surface area contributed by atoms with Gasteiger partial charge in [-0.1, -0.05) is 136 Å². The molecule has 2 heterocycles. The molecule has 2 nitrogen and oxygen atoms in total. The summed E-state index contributed by atoms with van der Waals surface area (Å²) in [5.41, 5.74) is 13.1. The fraction of sp³-hybridized carbons (Fsp3) is 0.0638. The Bertz CT molecular complexity index is 2650. The van der Waals surface area contributed by atoms with Crippen molar-refractivity contribution in [3.63, 3.8) is 0 Å². The van der Waals surface area contributed by atoms with E-state index in [1.165, 1.54) is 65.9 Å². The van der Waals surface area contributed by atoms with Gasteiger partial charge < -0.3 is 9.13 Å². The monoisotopic (exact) mass is 628 g/mol. The van der Waals surface area contributed by atoms with Crippen LogP contribution in [0.25, 0.3) is 72.2 Å². The molecule has 234 valence electrons. The van der Waals surface area contributed by atoms with Crippen LogP contribution in [0.4, 0.5) is 0 Å². The number of fused-ring (bicyclic) bond motifs is 6. The predicted octanol–water partition coefficient (Wildman–Crippen LogP) is 12.5. The van der Waals surface area contributed by atoms with Crippen LogP contribution in [0, 0.1) is 0 Å². The van der Waals surface area contributed by atoms with Gasteiger partial charge in [0, 0.05) is 38.3 Å². The number of hydrogen-bond acceptors (Lipinski definition) is 0. The Morgan fingerprint density at radius 3 is 1.39 bits per heavy atom. The predicted molar refractivity (Wildman–Crippen MR) is 209 cm³/mol. The molecule has 0 aliphatic carbocycles. The Labute approximate surface area is 286 Å². The maximum atomic E-state index is 3.92. The number of benzene rings is 7. The molecule has 0 N–H and O–H groups in total. The average Bonchev–Trinajstić information content (AvgIpc) is 3.68. The van der Waals surface area contributed by atoms with E-state index in [0.717, 1.165) is 16.9 Å². The van der Waals surface area contributed by atoms with Crippen molar-refractivity contribution in [1.29, 1.82) is 0 Å². The van der Waals surface area contributed by atoms with Gasteiger partial charge in [0.25, 0.3) is 0 Å². The van der Waals surface area contributed by atoms with Gasteiger partial charge >= 0.3 is 0 Å². The summed E-state index contributed by atoms with van der Waals surface area (Å²) in [5, 5.41) is 5.07. The number of aromatic nitrogens is 2. The van der Waals surface area contributed by atoms with E-state index in [-0.39, 0.29) is 5.41 Å². The fourth-order valence-electron chi connectivity index (χ4n) is 7.69. The topological polar surface area (TPSA) is 9.86 Å². The second-order valence-corrected chi connectivity index (χ2v) is 13.5. The molecule has 0 fully saturated rings. The minimum Gasteiger partial charge on any atom is -0.309 e. The second kappa shape index (κ2) is 11.2. The lowest BCUT2D eigenvalue weighted by atomic mass is 9.77. The lowest BCUT2D eigenvalue weighted by Crippen LogP contribution is -2.18. The molecule has 0 unspecified atom stereocenters. The van der Waals surface area contributed by atoms with Crippen molar-refractivity contribution in [3.8, 4) is 22.5 Å². The zero-order valence-electron chi connectivity index (χ0n) is 27.8. The Kier molecular flexibility index (Phi) is 6.67. The fourth-order valence-corrected chi connectivity index (χ4v) is 7.69. The molecular formula is C47H36N2. The number of hydrogen-bond donors (Lipinski definition) is 0. The lowest BCUT2D eigenvalue weighted by molar-refractivity contribution is 0.642. The van der Waals surface area contributed by atoms with Gasteiger partial charge in [0.05, 0.1) is 22.1 Å². The summed E-state index contributed by atoms with van der Waals surface area (Å²) in [7, 11) is 0. The normalized spacial score (nSPS) is 12.0. The minimum absolute atomic E-state index is 0.154. The molecule has 0 radical (unpaired) electrons. The maximum Gasteiger partial charge on any atom is 0.0541 e. The zero-order valence-corrected chi connectivity index (χ0v) is 27.8. The second-order valence-electron chi connectivity index (χ2n) is 13.5. The first-order valence-electron chi connectivity index (χ1n) is 17.0. The molecule has 0 atom stereocenters. The summed E-state index contributed by atoms with van der Waals surface area (Å²) in [6.07, 6.45) is 1.90. The number of nitrogens with zero attached hydrogens (tertiary/aromatic N) is 2. The van der Waals surface area contributed by atoms with Crippen LogP contribution in [0.3, 0.4) is 0 Å². The molecule has 0 aliphatic rings. The molecule has 0 saturated carbocycles. The quantitative estimate of drug-likeness (QED) is 0.173. The summed E-state index contributed by atoms with van der Waals surface area (Å²) in [6.45, 7) is 8.55. The van der Waals surface area contributed by atoms with Crippen LogP contribution in [0.1, 0.15) is 30.5 Å². The average molecular weight is 629 g/mol. The third kappa shape index (κ3) is 4.63. The van der Waals surface area contributed by atoms with Crippen molar-refractivity contribution in [2.45, 2.75) is 19.3 Å². The highest BCUT2D eigenvalue weighted by molar-refractivity contribution is 6.10. The van der Waals surface area contributed by atoms with E-state index in [1.54, 1.807) is 0 Å². The van der Waals surface area contributed by atoms with Crippen molar-refractivity contribution in [2.24, 2.45) is 0 Å². The summed E-state index contributed by atoms with van der Waals surface area (Å²) in [5.74, 6) is 0. The minimum atomic E-state index is -0.154. The highest BCUT2D eigenvalue weighted by Gasteiger charge is 2.25. The summed E-state index contributed by atoms with van der Waals surface area (Å²) >= 11 is 0. The standard InChI is InChI=1S/C47H36N2/c1-4-32-23-25-35(26-24-32)47(2,3)36-27-28-46-42(31-36)41-19-7-10-22-45(41)49(46)38-16-12-14-34(30-38)33-13-11-15-37(29-33)48-43-20-8-5-17-39(43)40-18-6-9-21-44(40)48/h4-31H,1H2,2-3H3. The summed E-state index contributed by atoms with van der Waals surface area (Å²) in [6, 6.07) is 59.8. The molecule has 2 heteroatoms. The van der Waals surface area contributed by atoms with Crippen molar-refractivity contribution in [1.82, 2.24) is 9.13 Å². The first-order valence-corrected chi connectivity index (χ1v) is 17.0. The van der Waals surface area contributed by atoms with Gasteiger partial charge in [-0.15, -0.1) is 0 Å². The number of para-hydroxylation sites is 3. The van der Waals surface area contributed by atoms with E-state index in [4.69, 9.17) is 0 Å². The van der Waals surface area contributed by atoms with Gasteiger partial charge in [-0.2, -0.15) is 0 Å². The van der Waals surface area contributed by atoms with Crippen LogP contribution in [0.2, 0.25) is 0 Å². The highest BCUT2D eigenvalue weighted by Crippen LogP contribution is 2.39. The molecule has 49 heavy (non-hydrogen) atoms. The van der Waals surface area contributed by atoms with Crippen LogP contribution >= 0.6 is 0 Å².